The molecule has 0 aromatic heterocycles. The largest absolute Gasteiger partial charge is 0.381 e. The number of nitrogens with one attached hydrogen (secondary N) is 1. The molecule has 3 nitrogen and oxygen atoms in total. The van der Waals surface area contributed by atoms with Crippen LogP contribution in [0.1, 0.15) is 53.9 Å². The second kappa shape index (κ2) is 5.71. The second-order valence-electron chi connectivity index (χ2n) is 8.06. The van der Waals surface area contributed by atoms with Crippen molar-refractivity contribution in [3.05, 3.63) is 0 Å². The zero-order chi connectivity index (χ0) is 14.1. The number of rotatable bonds is 4. The standard InChI is InChI=1S/C16H32N2O/c1-15(2,3)18-11-13(12-18)10-16(4,5)17-14-6-8-19-9-7-14/h13-14,17H,6-12H2,1-5H3. The van der Waals surface area contributed by atoms with Gasteiger partial charge in [0.2, 0.25) is 0 Å². The van der Waals surface area contributed by atoms with Gasteiger partial charge in [-0.3, -0.25) is 4.90 Å². The molecule has 0 aromatic carbocycles. The Morgan fingerprint density at radius 3 is 2.16 bits per heavy atom. The number of hydrogen-bond acceptors (Lipinski definition) is 3. The molecule has 0 spiro atoms. The summed E-state index contributed by atoms with van der Waals surface area (Å²) in [5.41, 5.74) is 0.603. The van der Waals surface area contributed by atoms with Crippen molar-refractivity contribution < 1.29 is 4.74 Å². The number of hydrogen-bond donors (Lipinski definition) is 1. The van der Waals surface area contributed by atoms with Crippen LogP contribution in [0.4, 0.5) is 0 Å². The third kappa shape index (κ3) is 4.44. The molecular formula is C16H32N2O. The first-order chi connectivity index (χ1) is 8.76. The molecule has 112 valence electrons. The molecule has 2 aliphatic heterocycles. The Morgan fingerprint density at radius 2 is 1.63 bits per heavy atom. The molecule has 0 radical (unpaired) electrons. The highest BCUT2D eigenvalue weighted by molar-refractivity contribution is 4.94. The Bertz CT molecular complexity index is 284. The summed E-state index contributed by atoms with van der Waals surface area (Å²) in [4.78, 5) is 2.59. The van der Waals surface area contributed by atoms with Crippen LogP contribution in [0.5, 0.6) is 0 Å². The van der Waals surface area contributed by atoms with Gasteiger partial charge in [0.1, 0.15) is 0 Å². The number of nitrogens with zero attached hydrogens (tertiary/aromatic N) is 1. The zero-order valence-electron chi connectivity index (χ0n) is 13.5. The maximum atomic E-state index is 5.43. The van der Waals surface area contributed by atoms with Gasteiger partial charge in [-0.25, -0.2) is 0 Å². The number of likely N-dealkylation sites (tertiary alicyclic amines) is 1. The van der Waals surface area contributed by atoms with Crippen molar-refractivity contribution in [2.45, 2.75) is 71.0 Å². The van der Waals surface area contributed by atoms with E-state index < -0.39 is 0 Å². The molecule has 2 rings (SSSR count). The van der Waals surface area contributed by atoms with E-state index in [4.69, 9.17) is 4.74 Å². The molecule has 19 heavy (non-hydrogen) atoms. The predicted octanol–water partition coefficient (Wildman–Crippen LogP) is 2.65. The van der Waals surface area contributed by atoms with Crippen molar-refractivity contribution in [3.63, 3.8) is 0 Å². The Balaban J connectivity index is 1.72. The monoisotopic (exact) mass is 268 g/mol. The van der Waals surface area contributed by atoms with E-state index in [1.165, 1.54) is 32.4 Å². The third-order valence-corrected chi connectivity index (χ3v) is 4.52. The average Bonchev–Trinajstić information content (AvgIpc) is 2.22. The van der Waals surface area contributed by atoms with Crippen molar-refractivity contribution in [1.29, 1.82) is 0 Å². The minimum absolute atomic E-state index is 0.261. The van der Waals surface area contributed by atoms with Crippen LogP contribution in [-0.4, -0.2) is 48.3 Å². The first kappa shape index (κ1) is 15.3. The lowest BCUT2D eigenvalue weighted by Crippen LogP contribution is -2.59. The van der Waals surface area contributed by atoms with E-state index in [1.54, 1.807) is 0 Å². The Labute approximate surface area is 119 Å². The van der Waals surface area contributed by atoms with E-state index in [2.05, 4.69) is 44.8 Å². The fraction of sp³-hybridized carbons (Fsp3) is 1.00. The zero-order valence-corrected chi connectivity index (χ0v) is 13.5. The lowest BCUT2D eigenvalue weighted by atomic mass is 9.82. The summed E-state index contributed by atoms with van der Waals surface area (Å²) in [6, 6.07) is 0.655. The lowest BCUT2D eigenvalue weighted by molar-refractivity contribution is -0.00306. The van der Waals surface area contributed by atoms with Crippen molar-refractivity contribution in [1.82, 2.24) is 10.2 Å². The molecule has 1 N–H and O–H groups in total. The minimum Gasteiger partial charge on any atom is -0.381 e. The molecule has 2 saturated heterocycles. The summed E-state index contributed by atoms with van der Waals surface area (Å²) >= 11 is 0. The summed E-state index contributed by atoms with van der Waals surface area (Å²) in [7, 11) is 0. The van der Waals surface area contributed by atoms with Crippen LogP contribution in [0.3, 0.4) is 0 Å². The van der Waals surface area contributed by atoms with E-state index in [9.17, 15) is 0 Å². The smallest absolute Gasteiger partial charge is 0.0480 e. The van der Waals surface area contributed by atoms with Gasteiger partial charge in [-0.1, -0.05) is 0 Å². The highest BCUT2D eigenvalue weighted by Crippen LogP contribution is 2.31. The molecule has 0 amide bonds. The van der Waals surface area contributed by atoms with Gasteiger partial charge in [0.25, 0.3) is 0 Å². The van der Waals surface area contributed by atoms with Gasteiger partial charge in [0.15, 0.2) is 0 Å². The van der Waals surface area contributed by atoms with Crippen LogP contribution in [0.15, 0.2) is 0 Å². The Kier molecular flexibility index (Phi) is 4.59. The first-order valence-corrected chi connectivity index (χ1v) is 7.87. The highest BCUT2D eigenvalue weighted by atomic mass is 16.5. The molecule has 3 heteroatoms. The molecule has 0 unspecified atom stereocenters. The van der Waals surface area contributed by atoms with E-state index in [0.717, 1.165) is 19.1 Å². The van der Waals surface area contributed by atoms with Crippen molar-refractivity contribution in [2.75, 3.05) is 26.3 Å². The molecule has 0 saturated carbocycles. The molecule has 0 atom stereocenters. The van der Waals surface area contributed by atoms with Gasteiger partial charge in [-0.2, -0.15) is 0 Å². The number of ether oxygens (including phenoxy) is 1. The average molecular weight is 268 g/mol. The fourth-order valence-corrected chi connectivity index (χ4v) is 3.42. The van der Waals surface area contributed by atoms with Gasteiger partial charge in [0, 0.05) is 43.4 Å². The molecule has 0 bridgehead atoms. The lowest BCUT2D eigenvalue weighted by Gasteiger charge is -2.50. The van der Waals surface area contributed by atoms with Gasteiger partial charge in [-0.15, -0.1) is 0 Å². The quantitative estimate of drug-likeness (QED) is 0.848. The van der Waals surface area contributed by atoms with Crippen LogP contribution in [-0.2, 0) is 4.74 Å². The molecule has 0 aromatic rings. The van der Waals surface area contributed by atoms with Crippen LogP contribution < -0.4 is 5.32 Å². The van der Waals surface area contributed by atoms with E-state index >= 15 is 0 Å². The van der Waals surface area contributed by atoms with Gasteiger partial charge in [-0.05, 0) is 59.8 Å². The maximum absolute atomic E-state index is 5.43. The van der Waals surface area contributed by atoms with Crippen LogP contribution >= 0.6 is 0 Å². The molecule has 0 aliphatic carbocycles. The van der Waals surface area contributed by atoms with Crippen LogP contribution in [0.25, 0.3) is 0 Å². The Hall–Kier alpha value is -0.120. The SMILES string of the molecule is CC(C)(CC1CN(C(C)(C)C)C1)NC1CCOCC1. The fourth-order valence-electron chi connectivity index (χ4n) is 3.42. The summed E-state index contributed by atoms with van der Waals surface area (Å²) < 4.78 is 5.43. The van der Waals surface area contributed by atoms with Gasteiger partial charge < -0.3 is 10.1 Å². The normalized spacial score (nSPS) is 24.5. The minimum atomic E-state index is 0.261. The summed E-state index contributed by atoms with van der Waals surface area (Å²) in [5.74, 6) is 0.863. The summed E-state index contributed by atoms with van der Waals surface area (Å²) in [5, 5.41) is 3.85. The van der Waals surface area contributed by atoms with Gasteiger partial charge in [0.05, 0.1) is 0 Å². The van der Waals surface area contributed by atoms with Gasteiger partial charge >= 0.3 is 0 Å². The molecule has 2 heterocycles. The van der Waals surface area contributed by atoms with Crippen molar-refractivity contribution in [2.24, 2.45) is 5.92 Å². The Morgan fingerprint density at radius 1 is 1.05 bits per heavy atom. The van der Waals surface area contributed by atoms with Crippen molar-refractivity contribution in [3.8, 4) is 0 Å². The van der Waals surface area contributed by atoms with Crippen LogP contribution in [0, 0.1) is 5.92 Å². The van der Waals surface area contributed by atoms with Crippen molar-refractivity contribution >= 4 is 0 Å². The third-order valence-electron chi connectivity index (χ3n) is 4.52. The van der Waals surface area contributed by atoms with E-state index in [1.807, 2.05) is 0 Å². The maximum Gasteiger partial charge on any atom is 0.0480 e. The first-order valence-electron chi connectivity index (χ1n) is 7.87. The summed E-state index contributed by atoms with van der Waals surface area (Å²) in [6.45, 7) is 16.1. The predicted molar refractivity (Wildman–Crippen MR) is 80.5 cm³/mol. The molecule has 2 aliphatic rings. The molecular weight excluding hydrogens is 236 g/mol. The highest BCUT2D eigenvalue weighted by Gasteiger charge is 2.37. The summed E-state index contributed by atoms with van der Waals surface area (Å²) in [6.07, 6.45) is 3.63. The van der Waals surface area contributed by atoms with Crippen LogP contribution in [0.2, 0.25) is 0 Å². The topological polar surface area (TPSA) is 24.5 Å². The molecule has 2 fully saturated rings. The second-order valence-corrected chi connectivity index (χ2v) is 8.06. The van der Waals surface area contributed by atoms with E-state index in [0.29, 0.717) is 11.6 Å². The van der Waals surface area contributed by atoms with E-state index in [-0.39, 0.29) is 5.54 Å².